The molecule has 37 valence electrons. The van der Waals surface area contributed by atoms with Crippen LogP contribution in [0, 0.1) is 7.05 Å². The summed E-state index contributed by atoms with van der Waals surface area (Å²) in [6.45, 7) is 0. The fraction of sp³-hybridized carbons (Fsp3) is 0. The molecular formula is CH4NO3S. The first kappa shape index (κ1) is 5.87. The van der Waals surface area contributed by atoms with E-state index in [-0.39, 0.29) is 0 Å². The maximum absolute atomic E-state index is 9.38. The van der Waals surface area contributed by atoms with Gasteiger partial charge in [0.1, 0.15) is 0 Å². The summed E-state index contributed by atoms with van der Waals surface area (Å²) in [5.41, 5.74) is 0. The van der Waals surface area contributed by atoms with Gasteiger partial charge in [0, 0.05) is 7.05 Å². The quantitative estimate of drug-likeness (QED) is 0.433. The van der Waals surface area contributed by atoms with Crippen LogP contribution in [0.5, 0.6) is 0 Å². The van der Waals surface area contributed by atoms with Gasteiger partial charge in [-0.15, -0.1) is 0 Å². The van der Waals surface area contributed by atoms with Gasteiger partial charge in [0.05, 0.1) is 0 Å². The van der Waals surface area contributed by atoms with Gasteiger partial charge in [-0.3, -0.25) is 4.55 Å². The minimum atomic E-state index is -4.02. The third-order valence-electron chi connectivity index (χ3n) is 0.182. The van der Waals surface area contributed by atoms with Crippen molar-refractivity contribution in [3.63, 3.8) is 0 Å². The van der Waals surface area contributed by atoms with Crippen LogP contribution >= 0.6 is 0 Å². The summed E-state index contributed by atoms with van der Waals surface area (Å²) in [5, 5.41) is 0. The maximum atomic E-state index is 9.38. The van der Waals surface area contributed by atoms with Crippen molar-refractivity contribution >= 4 is 10.3 Å². The highest BCUT2D eigenvalue weighted by atomic mass is 32.2. The smallest absolute Gasteiger partial charge is 0.273 e. The first-order valence-corrected chi connectivity index (χ1v) is 2.51. The lowest BCUT2D eigenvalue weighted by Crippen LogP contribution is -2.13. The van der Waals surface area contributed by atoms with E-state index in [1.54, 1.807) is 0 Å². The predicted octanol–water partition coefficient (Wildman–Crippen LogP) is -0.830. The van der Waals surface area contributed by atoms with E-state index in [1.165, 1.54) is 4.72 Å². The van der Waals surface area contributed by atoms with Crippen molar-refractivity contribution in [3.8, 4) is 0 Å². The molecule has 0 atom stereocenters. The van der Waals surface area contributed by atoms with Crippen LogP contribution in [0.3, 0.4) is 0 Å². The molecule has 6 heavy (non-hydrogen) atoms. The number of nitrogens with one attached hydrogen (secondary N) is 1. The minimum absolute atomic E-state index is 1.38. The van der Waals surface area contributed by atoms with Gasteiger partial charge in [-0.25, -0.2) is 0 Å². The Kier molecular flexibility index (Phi) is 1.51. The van der Waals surface area contributed by atoms with Crippen molar-refractivity contribution in [2.75, 3.05) is 0 Å². The van der Waals surface area contributed by atoms with Crippen LogP contribution in [0.25, 0.3) is 0 Å². The molecule has 0 aromatic heterocycles. The predicted molar refractivity (Wildman–Crippen MR) is 20.0 cm³/mol. The van der Waals surface area contributed by atoms with Gasteiger partial charge in [0.15, 0.2) is 0 Å². The van der Waals surface area contributed by atoms with Crippen LogP contribution in [-0.4, -0.2) is 13.0 Å². The molecule has 0 heterocycles. The summed E-state index contributed by atoms with van der Waals surface area (Å²) >= 11 is 0. The average molecular weight is 110 g/mol. The monoisotopic (exact) mass is 110 g/mol. The van der Waals surface area contributed by atoms with Gasteiger partial charge in [-0.2, -0.15) is 13.1 Å². The Morgan fingerprint density at radius 1 is 1.67 bits per heavy atom. The molecule has 0 amide bonds. The molecule has 0 aromatic rings. The summed E-state index contributed by atoms with van der Waals surface area (Å²) in [5.74, 6) is 0. The molecule has 2 N–H and O–H groups in total. The maximum Gasteiger partial charge on any atom is 0.333 e. The fourth-order valence-corrected chi connectivity index (χ4v) is 0. The molecule has 4 nitrogen and oxygen atoms in total. The van der Waals surface area contributed by atoms with E-state index in [0.717, 1.165) is 0 Å². The highest BCUT2D eigenvalue weighted by molar-refractivity contribution is 7.83. The van der Waals surface area contributed by atoms with Crippen LogP contribution in [-0.2, 0) is 10.3 Å². The van der Waals surface area contributed by atoms with Crippen LogP contribution < -0.4 is 4.72 Å². The molecule has 0 bridgehead atoms. The highest BCUT2D eigenvalue weighted by Crippen LogP contribution is 1.63. The molecule has 1 radical (unpaired) electrons. The SMILES string of the molecule is [CH2]NS(=O)(=O)O. The molecule has 0 saturated carbocycles. The van der Waals surface area contributed by atoms with Crippen molar-refractivity contribution in [2.45, 2.75) is 0 Å². The van der Waals surface area contributed by atoms with Crippen LogP contribution in [0.1, 0.15) is 0 Å². The zero-order valence-electron chi connectivity index (χ0n) is 2.88. The van der Waals surface area contributed by atoms with E-state index in [1.807, 2.05) is 0 Å². The summed E-state index contributed by atoms with van der Waals surface area (Å²) in [6.07, 6.45) is 0. The lowest BCUT2D eigenvalue weighted by Gasteiger charge is -1.83. The molecule has 0 unspecified atom stereocenters. The van der Waals surface area contributed by atoms with Crippen molar-refractivity contribution < 1.29 is 13.0 Å². The van der Waals surface area contributed by atoms with Crippen molar-refractivity contribution in [2.24, 2.45) is 0 Å². The Labute approximate surface area is 36.1 Å². The van der Waals surface area contributed by atoms with Crippen molar-refractivity contribution in [1.29, 1.82) is 0 Å². The van der Waals surface area contributed by atoms with E-state index in [4.69, 9.17) is 4.55 Å². The van der Waals surface area contributed by atoms with Gasteiger partial charge >= 0.3 is 10.3 Å². The third-order valence-corrected chi connectivity index (χ3v) is 0.547. The Morgan fingerprint density at radius 2 is 1.83 bits per heavy atom. The zero-order valence-corrected chi connectivity index (χ0v) is 3.70. The Balaban J connectivity index is 3.85. The summed E-state index contributed by atoms with van der Waals surface area (Å²) in [7, 11) is -1.35. The van der Waals surface area contributed by atoms with Crippen LogP contribution in [0.15, 0.2) is 0 Å². The largest absolute Gasteiger partial charge is 0.333 e. The van der Waals surface area contributed by atoms with Crippen LogP contribution in [0.4, 0.5) is 0 Å². The molecule has 0 saturated heterocycles. The molecule has 0 aliphatic rings. The summed E-state index contributed by atoms with van der Waals surface area (Å²) in [6, 6.07) is 0. The second-order valence-electron chi connectivity index (χ2n) is 0.619. The lowest BCUT2D eigenvalue weighted by atomic mass is 11.6. The zero-order chi connectivity index (χ0) is 5.21. The van der Waals surface area contributed by atoms with Gasteiger partial charge < -0.3 is 0 Å². The molecule has 0 aliphatic heterocycles. The standard InChI is InChI=1S/CH4NO3S/c1-2-6(3,4)5/h2H,1H2,(H,3,4,5). The first-order chi connectivity index (χ1) is 2.56. The minimum Gasteiger partial charge on any atom is -0.273 e. The Morgan fingerprint density at radius 3 is 1.83 bits per heavy atom. The Bertz CT molecular complexity index is 113. The molecule has 0 aromatic carbocycles. The molecule has 0 aliphatic carbocycles. The fourth-order valence-electron chi connectivity index (χ4n) is 0. The normalized spacial score (nSPS) is 11.7. The van der Waals surface area contributed by atoms with E-state index in [0.29, 0.717) is 0 Å². The molecule has 5 heteroatoms. The second kappa shape index (κ2) is 1.55. The van der Waals surface area contributed by atoms with E-state index >= 15 is 0 Å². The van der Waals surface area contributed by atoms with Crippen molar-refractivity contribution in [3.05, 3.63) is 7.05 Å². The number of hydrogen-bond donors (Lipinski definition) is 2. The summed E-state index contributed by atoms with van der Waals surface area (Å²) < 4.78 is 27.8. The van der Waals surface area contributed by atoms with Crippen LogP contribution in [0.2, 0.25) is 0 Å². The highest BCUT2D eigenvalue weighted by Gasteiger charge is 1.91. The van der Waals surface area contributed by atoms with Crippen molar-refractivity contribution in [1.82, 2.24) is 4.72 Å². The molecular weight excluding hydrogens is 106 g/mol. The Hall–Kier alpha value is -0.130. The van der Waals surface area contributed by atoms with E-state index in [2.05, 4.69) is 7.05 Å². The topological polar surface area (TPSA) is 66.4 Å². The average Bonchev–Trinajstić information content (AvgIpc) is 1.35. The van der Waals surface area contributed by atoms with Gasteiger partial charge in [-0.1, -0.05) is 0 Å². The lowest BCUT2D eigenvalue weighted by molar-refractivity contribution is 0.476. The van der Waals surface area contributed by atoms with E-state index in [9.17, 15) is 8.42 Å². The third kappa shape index (κ3) is 3.87. The number of hydrogen-bond acceptors (Lipinski definition) is 2. The van der Waals surface area contributed by atoms with E-state index < -0.39 is 10.3 Å². The molecule has 0 spiro atoms. The number of rotatable bonds is 1. The molecule has 0 fully saturated rings. The first-order valence-electron chi connectivity index (χ1n) is 1.07. The van der Waals surface area contributed by atoms with Gasteiger partial charge in [-0.05, 0) is 0 Å². The summed E-state index contributed by atoms with van der Waals surface area (Å²) in [4.78, 5) is 0. The van der Waals surface area contributed by atoms with Gasteiger partial charge in [0.2, 0.25) is 0 Å². The second-order valence-corrected chi connectivity index (χ2v) is 1.86. The molecule has 0 rings (SSSR count). The van der Waals surface area contributed by atoms with Gasteiger partial charge in [0.25, 0.3) is 0 Å².